The molecule has 1 atom stereocenters. The van der Waals surface area contributed by atoms with Gasteiger partial charge in [-0.15, -0.1) is 0 Å². The van der Waals surface area contributed by atoms with Gasteiger partial charge in [-0.05, 0) is 24.6 Å². The molecule has 0 amide bonds. The monoisotopic (exact) mass is 275 g/mol. The summed E-state index contributed by atoms with van der Waals surface area (Å²) in [6, 6.07) is 9.71. The van der Waals surface area contributed by atoms with Crippen molar-refractivity contribution in [1.29, 1.82) is 5.26 Å². The quantitative estimate of drug-likeness (QED) is 0.798. The zero-order chi connectivity index (χ0) is 13.0. The van der Waals surface area contributed by atoms with Gasteiger partial charge >= 0.3 is 0 Å². The van der Waals surface area contributed by atoms with Gasteiger partial charge in [0.25, 0.3) is 0 Å². The smallest absolute Gasteiger partial charge is 0.172 e. The maximum Gasteiger partial charge on any atom is 0.172 e. The normalized spacial score (nSPS) is 11.8. The minimum absolute atomic E-state index is 0.186. The summed E-state index contributed by atoms with van der Waals surface area (Å²) in [5.41, 5.74) is 1.50. The fourth-order valence-electron chi connectivity index (χ4n) is 1.46. The van der Waals surface area contributed by atoms with E-state index < -0.39 is 0 Å². The molecule has 0 N–H and O–H groups in total. The number of hydrogen-bond acceptors (Lipinski definition) is 4. The summed E-state index contributed by atoms with van der Waals surface area (Å²) < 4.78 is 0. The molecule has 1 aromatic heterocycles. The summed E-state index contributed by atoms with van der Waals surface area (Å²) in [5.74, 6) is 0. The Labute approximate surface area is 115 Å². The fraction of sp³-hybridized carbons (Fsp3) is 0.154. The number of halogens is 1. The van der Waals surface area contributed by atoms with Gasteiger partial charge in [0.05, 0.1) is 0 Å². The van der Waals surface area contributed by atoms with Crippen LogP contribution < -0.4 is 0 Å². The van der Waals surface area contributed by atoms with Gasteiger partial charge in [0.2, 0.25) is 0 Å². The third kappa shape index (κ3) is 3.00. The van der Waals surface area contributed by atoms with Crippen LogP contribution in [0.2, 0.25) is 5.02 Å². The van der Waals surface area contributed by atoms with Crippen LogP contribution in [0.5, 0.6) is 0 Å². The van der Waals surface area contributed by atoms with Crippen LogP contribution in [0.4, 0.5) is 0 Å². The number of nitriles is 1. The lowest BCUT2D eigenvalue weighted by Crippen LogP contribution is -1.94. The molecule has 0 aliphatic heterocycles. The molecular formula is C13H10ClN3S. The van der Waals surface area contributed by atoms with E-state index in [-0.39, 0.29) is 5.25 Å². The zero-order valence-electron chi connectivity index (χ0n) is 9.67. The lowest BCUT2D eigenvalue weighted by atomic mass is 10.2. The number of aromatic nitrogens is 2. The Balaban J connectivity index is 2.19. The predicted molar refractivity (Wildman–Crippen MR) is 72.5 cm³/mol. The summed E-state index contributed by atoms with van der Waals surface area (Å²) in [5, 5.41) is 10.5. The molecule has 0 saturated carbocycles. The lowest BCUT2D eigenvalue weighted by Gasteiger charge is -2.11. The highest BCUT2D eigenvalue weighted by Gasteiger charge is 2.12. The highest BCUT2D eigenvalue weighted by molar-refractivity contribution is 7.99. The molecule has 1 heterocycles. The summed E-state index contributed by atoms with van der Waals surface area (Å²) in [6.07, 6.45) is 3.12. The largest absolute Gasteiger partial charge is 0.245 e. The van der Waals surface area contributed by atoms with Crippen LogP contribution in [0.25, 0.3) is 0 Å². The molecule has 0 bridgehead atoms. The van der Waals surface area contributed by atoms with Crippen LogP contribution >= 0.6 is 23.4 Å². The van der Waals surface area contributed by atoms with Crippen LogP contribution in [0.15, 0.2) is 41.7 Å². The maximum absolute atomic E-state index is 8.95. The first-order valence-corrected chi connectivity index (χ1v) is 6.59. The van der Waals surface area contributed by atoms with Crippen LogP contribution in [-0.2, 0) is 0 Å². The minimum Gasteiger partial charge on any atom is -0.245 e. The van der Waals surface area contributed by atoms with E-state index in [1.54, 1.807) is 6.20 Å². The van der Waals surface area contributed by atoms with Crippen LogP contribution in [-0.4, -0.2) is 9.97 Å². The van der Waals surface area contributed by atoms with E-state index in [2.05, 4.69) is 16.9 Å². The Morgan fingerprint density at radius 3 is 2.56 bits per heavy atom. The molecule has 0 aliphatic rings. The molecule has 5 heteroatoms. The van der Waals surface area contributed by atoms with Crippen LogP contribution in [0.1, 0.15) is 23.4 Å². The topological polar surface area (TPSA) is 49.6 Å². The Hall–Kier alpha value is -1.57. The molecule has 0 fully saturated rings. The van der Waals surface area contributed by atoms with Gasteiger partial charge in [0.15, 0.2) is 5.69 Å². The Kier molecular flexibility index (Phi) is 4.19. The molecule has 3 nitrogen and oxygen atoms in total. The van der Waals surface area contributed by atoms with Crippen molar-refractivity contribution in [3.63, 3.8) is 0 Å². The van der Waals surface area contributed by atoms with E-state index >= 15 is 0 Å². The highest BCUT2D eigenvalue weighted by Crippen LogP contribution is 2.34. The minimum atomic E-state index is 0.186. The standard InChI is InChI=1S/C13H10ClN3S/c1-9(10-2-4-11(14)5-3-10)18-13-12(8-15)16-6-7-17-13/h2-7,9H,1H3. The molecule has 0 aliphatic carbocycles. The number of rotatable bonds is 3. The van der Waals surface area contributed by atoms with Crippen molar-refractivity contribution in [2.45, 2.75) is 17.2 Å². The van der Waals surface area contributed by atoms with Gasteiger partial charge in [0, 0.05) is 22.7 Å². The van der Waals surface area contributed by atoms with E-state index in [4.69, 9.17) is 16.9 Å². The first-order valence-electron chi connectivity index (χ1n) is 5.34. The Morgan fingerprint density at radius 1 is 1.22 bits per heavy atom. The SMILES string of the molecule is CC(Sc1nccnc1C#N)c1ccc(Cl)cc1. The molecule has 0 saturated heterocycles. The van der Waals surface area contributed by atoms with Gasteiger partial charge in [0.1, 0.15) is 11.1 Å². The zero-order valence-corrected chi connectivity index (χ0v) is 11.2. The average Bonchev–Trinajstić information content (AvgIpc) is 2.40. The average molecular weight is 276 g/mol. The summed E-state index contributed by atoms with van der Waals surface area (Å²) in [7, 11) is 0. The Morgan fingerprint density at radius 2 is 1.89 bits per heavy atom. The third-order valence-electron chi connectivity index (χ3n) is 2.40. The van der Waals surface area contributed by atoms with E-state index in [9.17, 15) is 0 Å². The van der Waals surface area contributed by atoms with E-state index in [0.717, 1.165) is 5.56 Å². The first-order chi connectivity index (χ1) is 8.70. The molecule has 90 valence electrons. The lowest BCUT2D eigenvalue weighted by molar-refractivity contribution is 1.00. The summed E-state index contributed by atoms with van der Waals surface area (Å²) in [4.78, 5) is 8.18. The van der Waals surface area contributed by atoms with Gasteiger partial charge in [-0.3, -0.25) is 0 Å². The maximum atomic E-state index is 8.95. The predicted octanol–water partition coefficient (Wildman–Crippen LogP) is 3.85. The second kappa shape index (κ2) is 5.85. The number of nitrogens with zero attached hydrogens (tertiary/aromatic N) is 3. The number of hydrogen-bond donors (Lipinski definition) is 0. The van der Waals surface area contributed by atoms with Crippen LogP contribution in [0.3, 0.4) is 0 Å². The highest BCUT2D eigenvalue weighted by atomic mass is 35.5. The molecule has 1 aromatic carbocycles. The van der Waals surface area contributed by atoms with Crippen molar-refractivity contribution >= 4 is 23.4 Å². The van der Waals surface area contributed by atoms with Gasteiger partial charge in [-0.25, -0.2) is 9.97 Å². The van der Waals surface area contributed by atoms with Crippen molar-refractivity contribution in [3.05, 3.63) is 52.9 Å². The summed E-state index contributed by atoms with van der Waals surface area (Å²) in [6.45, 7) is 2.06. The van der Waals surface area contributed by atoms with Crippen LogP contribution in [0, 0.1) is 11.3 Å². The van der Waals surface area contributed by atoms with Crippen molar-refractivity contribution < 1.29 is 0 Å². The molecule has 0 radical (unpaired) electrons. The Bertz CT molecular complexity index is 578. The third-order valence-corrected chi connectivity index (χ3v) is 3.80. The number of thioether (sulfide) groups is 1. The van der Waals surface area contributed by atoms with Gasteiger partial charge in [-0.1, -0.05) is 35.5 Å². The van der Waals surface area contributed by atoms with Crippen molar-refractivity contribution in [2.75, 3.05) is 0 Å². The van der Waals surface area contributed by atoms with Crippen molar-refractivity contribution in [2.24, 2.45) is 0 Å². The van der Waals surface area contributed by atoms with Crippen molar-refractivity contribution in [3.8, 4) is 6.07 Å². The molecule has 18 heavy (non-hydrogen) atoms. The van der Waals surface area contributed by atoms with Gasteiger partial charge < -0.3 is 0 Å². The second-order valence-corrected chi connectivity index (χ2v) is 5.40. The molecule has 0 spiro atoms. The van der Waals surface area contributed by atoms with Crippen molar-refractivity contribution in [1.82, 2.24) is 9.97 Å². The molecular weight excluding hydrogens is 266 g/mol. The molecule has 2 aromatic rings. The first kappa shape index (κ1) is 12.9. The fourth-order valence-corrected chi connectivity index (χ4v) is 2.54. The van der Waals surface area contributed by atoms with E-state index in [1.807, 2.05) is 30.3 Å². The van der Waals surface area contributed by atoms with E-state index in [0.29, 0.717) is 15.7 Å². The second-order valence-electron chi connectivity index (χ2n) is 3.63. The van der Waals surface area contributed by atoms with E-state index in [1.165, 1.54) is 18.0 Å². The molecule has 2 rings (SSSR count). The number of benzene rings is 1. The molecule has 1 unspecified atom stereocenters. The van der Waals surface area contributed by atoms with Gasteiger partial charge in [-0.2, -0.15) is 5.26 Å². The summed E-state index contributed by atoms with van der Waals surface area (Å²) >= 11 is 7.37.